The fourth-order valence-corrected chi connectivity index (χ4v) is 3.99. The van der Waals surface area contributed by atoms with Crippen molar-refractivity contribution in [1.82, 2.24) is 9.97 Å². The Morgan fingerprint density at radius 3 is 2.55 bits per heavy atom. The first-order valence-electron chi connectivity index (χ1n) is 7.83. The SMILES string of the molecule is O[C@@H]1C[C@@H]2CN(c3nc4c(c(C(F)(F)F)n3)CCCC4)C[C@@H]21. The predicted molar refractivity (Wildman–Crippen MR) is 73.5 cm³/mol. The number of nitrogens with zero attached hydrogens (tertiary/aromatic N) is 3. The Morgan fingerprint density at radius 2 is 1.86 bits per heavy atom. The number of aromatic nitrogens is 2. The van der Waals surface area contributed by atoms with E-state index in [0.717, 1.165) is 19.3 Å². The maximum Gasteiger partial charge on any atom is 0.433 e. The van der Waals surface area contributed by atoms with Gasteiger partial charge in [-0.05, 0) is 38.0 Å². The van der Waals surface area contributed by atoms with Crippen molar-refractivity contribution in [3.63, 3.8) is 0 Å². The lowest BCUT2D eigenvalue weighted by molar-refractivity contribution is -0.142. The van der Waals surface area contributed by atoms with Crippen LogP contribution in [0.2, 0.25) is 0 Å². The lowest BCUT2D eigenvalue weighted by Crippen LogP contribution is -2.39. The molecule has 1 saturated heterocycles. The van der Waals surface area contributed by atoms with Gasteiger partial charge in [0.1, 0.15) is 0 Å². The van der Waals surface area contributed by atoms with Crippen LogP contribution in [-0.2, 0) is 19.0 Å². The summed E-state index contributed by atoms with van der Waals surface area (Å²) in [5.74, 6) is 0.715. The topological polar surface area (TPSA) is 49.2 Å². The van der Waals surface area contributed by atoms with Crippen molar-refractivity contribution in [2.45, 2.75) is 44.4 Å². The molecule has 0 amide bonds. The molecule has 0 radical (unpaired) electrons. The van der Waals surface area contributed by atoms with Gasteiger partial charge in [-0.25, -0.2) is 9.97 Å². The molecule has 4 rings (SSSR count). The first-order chi connectivity index (χ1) is 10.4. The molecule has 2 fully saturated rings. The number of fused-ring (bicyclic) bond motifs is 2. The first kappa shape index (κ1) is 14.2. The summed E-state index contributed by atoms with van der Waals surface area (Å²) in [6.07, 6.45) is -1.38. The Morgan fingerprint density at radius 1 is 1.09 bits per heavy atom. The second-order valence-corrected chi connectivity index (χ2v) is 6.63. The molecular weight excluding hydrogens is 295 g/mol. The quantitative estimate of drug-likeness (QED) is 0.863. The fraction of sp³-hybridized carbons (Fsp3) is 0.733. The maximum atomic E-state index is 13.3. The Hall–Kier alpha value is -1.37. The third-order valence-corrected chi connectivity index (χ3v) is 5.25. The molecule has 7 heteroatoms. The van der Waals surface area contributed by atoms with Gasteiger partial charge in [0.25, 0.3) is 0 Å². The molecule has 1 saturated carbocycles. The zero-order valence-corrected chi connectivity index (χ0v) is 12.1. The molecule has 0 bridgehead atoms. The summed E-state index contributed by atoms with van der Waals surface area (Å²) < 4.78 is 40.0. The summed E-state index contributed by atoms with van der Waals surface area (Å²) in [4.78, 5) is 10.1. The van der Waals surface area contributed by atoms with E-state index in [1.807, 2.05) is 4.90 Å². The van der Waals surface area contributed by atoms with Crippen molar-refractivity contribution in [2.24, 2.45) is 11.8 Å². The van der Waals surface area contributed by atoms with Gasteiger partial charge < -0.3 is 10.0 Å². The molecular formula is C15H18F3N3O. The van der Waals surface area contributed by atoms with Gasteiger partial charge in [0.2, 0.25) is 5.95 Å². The van der Waals surface area contributed by atoms with Crippen LogP contribution in [0, 0.1) is 11.8 Å². The average Bonchev–Trinajstić information content (AvgIpc) is 2.82. The van der Waals surface area contributed by atoms with E-state index < -0.39 is 11.9 Å². The molecule has 120 valence electrons. The van der Waals surface area contributed by atoms with E-state index in [-0.39, 0.29) is 23.5 Å². The molecule has 1 N–H and O–H groups in total. The summed E-state index contributed by atoms with van der Waals surface area (Å²) in [6, 6.07) is 0. The van der Waals surface area contributed by atoms with Crippen LogP contribution in [0.25, 0.3) is 0 Å². The number of hydrogen-bond donors (Lipinski definition) is 1. The molecule has 3 aliphatic rings. The lowest BCUT2D eigenvalue weighted by atomic mass is 9.74. The van der Waals surface area contributed by atoms with Gasteiger partial charge in [-0.2, -0.15) is 13.2 Å². The lowest BCUT2D eigenvalue weighted by Gasteiger charge is -2.34. The zero-order valence-electron chi connectivity index (χ0n) is 12.1. The van der Waals surface area contributed by atoms with E-state index in [9.17, 15) is 18.3 Å². The largest absolute Gasteiger partial charge is 0.433 e. The van der Waals surface area contributed by atoms with Gasteiger partial charge in [0.05, 0.1) is 6.10 Å². The van der Waals surface area contributed by atoms with Gasteiger partial charge in [-0.3, -0.25) is 0 Å². The number of aliphatic hydroxyl groups is 1. The minimum atomic E-state index is -4.43. The molecule has 1 aromatic rings. The summed E-state index contributed by atoms with van der Waals surface area (Å²) >= 11 is 0. The third kappa shape index (κ3) is 2.17. The molecule has 22 heavy (non-hydrogen) atoms. The van der Waals surface area contributed by atoms with Crippen LogP contribution < -0.4 is 4.90 Å². The van der Waals surface area contributed by atoms with Crippen molar-refractivity contribution < 1.29 is 18.3 Å². The van der Waals surface area contributed by atoms with Crippen molar-refractivity contribution >= 4 is 5.95 Å². The molecule has 1 aromatic heterocycles. The highest BCUT2D eigenvalue weighted by Gasteiger charge is 2.47. The van der Waals surface area contributed by atoms with Crippen LogP contribution in [0.1, 0.15) is 36.2 Å². The number of alkyl halides is 3. The van der Waals surface area contributed by atoms with E-state index in [1.54, 1.807) is 0 Å². The molecule has 2 aliphatic carbocycles. The Bertz CT molecular complexity index is 604. The summed E-state index contributed by atoms with van der Waals surface area (Å²) in [6.45, 7) is 1.21. The van der Waals surface area contributed by atoms with Crippen molar-refractivity contribution in [1.29, 1.82) is 0 Å². The molecule has 2 heterocycles. The van der Waals surface area contributed by atoms with Gasteiger partial charge in [-0.1, -0.05) is 0 Å². The van der Waals surface area contributed by atoms with Crippen molar-refractivity contribution in [3.05, 3.63) is 17.0 Å². The minimum Gasteiger partial charge on any atom is -0.393 e. The normalized spacial score (nSPS) is 30.7. The van der Waals surface area contributed by atoms with Crippen LogP contribution in [-0.4, -0.2) is 34.3 Å². The maximum absolute atomic E-state index is 13.3. The predicted octanol–water partition coefficient (Wildman–Crippen LogP) is 2.19. The molecule has 1 aliphatic heterocycles. The number of hydrogen-bond acceptors (Lipinski definition) is 4. The molecule has 0 aromatic carbocycles. The van der Waals surface area contributed by atoms with Crippen molar-refractivity contribution in [3.8, 4) is 0 Å². The molecule has 3 atom stereocenters. The highest BCUT2D eigenvalue weighted by atomic mass is 19.4. The molecule has 4 nitrogen and oxygen atoms in total. The Balaban J connectivity index is 1.71. The van der Waals surface area contributed by atoms with E-state index >= 15 is 0 Å². The van der Waals surface area contributed by atoms with E-state index in [0.29, 0.717) is 37.5 Å². The standard InChI is InChI=1S/C15H18F3N3O/c16-15(17,18)13-9-3-1-2-4-11(9)19-14(20-13)21-6-8-5-12(22)10(8)7-21/h8,10,12,22H,1-7H2/t8-,10+,12-/m1/s1. The third-order valence-electron chi connectivity index (χ3n) is 5.25. The highest BCUT2D eigenvalue weighted by molar-refractivity contribution is 5.41. The highest BCUT2D eigenvalue weighted by Crippen LogP contribution is 2.43. The summed E-state index contributed by atoms with van der Waals surface area (Å²) in [5.41, 5.74) is 0.0834. The van der Waals surface area contributed by atoms with Crippen LogP contribution in [0.4, 0.5) is 19.1 Å². The van der Waals surface area contributed by atoms with Crippen molar-refractivity contribution in [2.75, 3.05) is 18.0 Å². The summed E-state index contributed by atoms with van der Waals surface area (Å²) in [5, 5.41) is 9.71. The minimum absolute atomic E-state index is 0.161. The van der Waals surface area contributed by atoms with Crippen LogP contribution in [0.15, 0.2) is 0 Å². The zero-order chi connectivity index (χ0) is 15.5. The van der Waals surface area contributed by atoms with Gasteiger partial charge in [-0.15, -0.1) is 0 Å². The number of anilines is 1. The van der Waals surface area contributed by atoms with Crippen LogP contribution in [0.3, 0.4) is 0 Å². The Labute approximate surface area is 126 Å². The monoisotopic (exact) mass is 313 g/mol. The van der Waals surface area contributed by atoms with Crippen LogP contribution in [0.5, 0.6) is 0 Å². The first-order valence-corrected chi connectivity index (χ1v) is 7.83. The van der Waals surface area contributed by atoms with Crippen LogP contribution >= 0.6 is 0 Å². The number of aryl methyl sites for hydroxylation is 1. The van der Waals surface area contributed by atoms with Gasteiger partial charge >= 0.3 is 6.18 Å². The molecule has 0 spiro atoms. The fourth-order valence-electron chi connectivity index (χ4n) is 3.99. The Kier molecular flexibility index (Phi) is 3.11. The number of aliphatic hydroxyl groups excluding tert-OH is 1. The summed E-state index contributed by atoms with van der Waals surface area (Å²) in [7, 11) is 0. The average molecular weight is 313 g/mol. The van der Waals surface area contributed by atoms with Gasteiger partial charge in [0, 0.05) is 30.3 Å². The number of halogens is 3. The van der Waals surface area contributed by atoms with E-state index in [2.05, 4.69) is 9.97 Å². The number of rotatable bonds is 1. The smallest absolute Gasteiger partial charge is 0.393 e. The molecule has 0 unspecified atom stereocenters. The van der Waals surface area contributed by atoms with Gasteiger partial charge in [0.15, 0.2) is 5.69 Å². The van der Waals surface area contributed by atoms with E-state index in [4.69, 9.17) is 0 Å². The second-order valence-electron chi connectivity index (χ2n) is 6.63. The van der Waals surface area contributed by atoms with E-state index in [1.165, 1.54) is 0 Å². The second kappa shape index (κ2) is 4.81.